The summed E-state index contributed by atoms with van der Waals surface area (Å²) < 4.78 is 33.6. The first-order chi connectivity index (χ1) is 21.6. The Labute approximate surface area is 261 Å². The second kappa shape index (κ2) is 11.2. The van der Waals surface area contributed by atoms with Crippen molar-refractivity contribution in [3.63, 3.8) is 0 Å². The van der Waals surface area contributed by atoms with Crippen molar-refractivity contribution in [2.45, 2.75) is 43.2 Å². The molecule has 6 heterocycles. The maximum absolute atomic E-state index is 12.6. The Morgan fingerprint density at radius 2 is 1.38 bits per heavy atom. The summed E-state index contributed by atoms with van der Waals surface area (Å²) in [5, 5.41) is 1.98. The van der Waals surface area contributed by atoms with E-state index < -0.39 is 15.8 Å². The third-order valence-electron chi connectivity index (χ3n) is 9.51. The third kappa shape index (κ3) is 5.71. The third-order valence-corrected chi connectivity index (χ3v) is 10.6. The van der Waals surface area contributed by atoms with Gasteiger partial charge in [0.15, 0.2) is 0 Å². The summed E-state index contributed by atoms with van der Waals surface area (Å²) in [5.41, 5.74) is 1.19. The van der Waals surface area contributed by atoms with E-state index >= 15 is 0 Å². The topological polar surface area (TPSA) is 171 Å². The van der Waals surface area contributed by atoms with Gasteiger partial charge in [0.2, 0.25) is 5.91 Å². The number of carbonyl (C=O) groups is 1. The Kier molecular flexibility index (Phi) is 7.42. The van der Waals surface area contributed by atoms with Crippen LogP contribution < -0.4 is 9.80 Å². The van der Waals surface area contributed by atoms with Crippen molar-refractivity contribution in [1.82, 2.24) is 44.0 Å². The van der Waals surface area contributed by atoms with E-state index in [0.29, 0.717) is 19.5 Å². The number of aromatic nitrogens is 6. The van der Waals surface area contributed by atoms with E-state index in [1.807, 2.05) is 38.6 Å². The van der Waals surface area contributed by atoms with E-state index in [1.165, 1.54) is 10.6 Å². The first-order valence-corrected chi connectivity index (χ1v) is 16.7. The van der Waals surface area contributed by atoms with Crippen molar-refractivity contribution >= 4 is 49.9 Å². The molecule has 0 aromatic carbocycles. The standard InChI is InChI=1S/C17H24N6O.C12H15N5O3S/c1-21(2)8-4-14(24)23-10-9-22(11-17(23)5-6-17)16-13-3-7-18-15(13)19-12-20-16;18-21(19,20)17-6-5-16(7-12(17)2-3-12)11-9-1-4-13-10(9)14-8-15-11/h3,7,12H,4-6,8-11H2,1-2H3,(H,18,19,20);1,4,8H,2-3,5-7H2,(H,13,14,15)(H,18,19,20). The fourth-order valence-electron chi connectivity index (χ4n) is 6.85. The van der Waals surface area contributed by atoms with Gasteiger partial charge in [-0.15, -0.1) is 0 Å². The lowest BCUT2D eigenvalue weighted by Gasteiger charge is -2.43. The Morgan fingerprint density at radius 3 is 1.89 bits per heavy atom. The molecule has 0 atom stereocenters. The number of hydrogen-bond donors (Lipinski definition) is 3. The van der Waals surface area contributed by atoms with Gasteiger partial charge in [-0.25, -0.2) is 19.9 Å². The summed E-state index contributed by atoms with van der Waals surface area (Å²) in [5.74, 6) is 2.07. The van der Waals surface area contributed by atoms with Gasteiger partial charge in [-0.1, -0.05) is 0 Å². The predicted octanol–water partition coefficient (Wildman–Crippen LogP) is 1.51. The lowest BCUT2D eigenvalue weighted by molar-refractivity contribution is -0.135. The van der Waals surface area contributed by atoms with Crippen LogP contribution >= 0.6 is 0 Å². The molecule has 8 rings (SSSR count). The average molecular weight is 638 g/mol. The van der Waals surface area contributed by atoms with Crippen molar-refractivity contribution < 1.29 is 17.8 Å². The van der Waals surface area contributed by atoms with Crippen molar-refractivity contribution in [3.05, 3.63) is 37.2 Å². The van der Waals surface area contributed by atoms with E-state index in [1.54, 1.807) is 6.33 Å². The number of rotatable bonds is 6. The lowest BCUT2D eigenvalue weighted by atomic mass is 10.1. The highest BCUT2D eigenvalue weighted by atomic mass is 32.2. The van der Waals surface area contributed by atoms with Gasteiger partial charge in [0, 0.05) is 64.6 Å². The number of fused-ring (bicyclic) bond motifs is 2. The molecular weight excluding hydrogens is 598 g/mol. The van der Waals surface area contributed by atoms with Crippen LogP contribution in [0.3, 0.4) is 0 Å². The number of hydrogen-bond acceptors (Lipinski definition) is 10. The van der Waals surface area contributed by atoms with Gasteiger partial charge in [0.1, 0.15) is 35.6 Å². The first-order valence-electron chi connectivity index (χ1n) is 15.4. The number of H-pyrrole nitrogens is 2. The van der Waals surface area contributed by atoms with Crippen LogP contribution in [0.25, 0.3) is 22.1 Å². The molecule has 2 saturated heterocycles. The zero-order chi connectivity index (χ0) is 31.4. The molecule has 4 aliphatic rings. The number of amides is 1. The minimum atomic E-state index is -4.14. The second-order valence-corrected chi connectivity index (χ2v) is 14.2. The number of nitrogens with zero attached hydrogens (tertiary/aromatic N) is 9. The van der Waals surface area contributed by atoms with E-state index in [0.717, 1.165) is 85.6 Å². The van der Waals surface area contributed by atoms with Crippen molar-refractivity contribution in [2.75, 3.05) is 69.7 Å². The average Bonchev–Trinajstić information content (AvgIpc) is 3.80. The Hall–Kier alpha value is -3.86. The molecule has 0 unspecified atom stereocenters. The van der Waals surface area contributed by atoms with E-state index in [4.69, 9.17) is 0 Å². The summed E-state index contributed by atoms with van der Waals surface area (Å²) in [4.78, 5) is 44.7. The van der Waals surface area contributed by atoms with Crippen molar-refractivity contribution in [2.24, 2.45) is 0 Å². The quantitative estimate of drug-likeness (QED) is 0.262. The molecule has 3 N–H and O–H groups in total. The van der Waals surface area contributed by atoms with Gasteiger partial charge in [-0.3, -0.25) is 9.35 Å². The molecule has 0 bridgehead atoms. The molecular formula is C29H39N11O4S. The molecule has 15 nitrogen and oxygen atoms in total. The highest BCUT2D eigenvalue weighted by Crippen LogP contribution is 2.47. The molecule has 16 heteroatoms. The minimum absolute atomic E-state index is 0.0230. The molecule has 0 radical (unpaired) electrons. The first kappa shape index (κ1) is 29.8. The van der Waals surface area contributed by atoms with Gasteiger partial charge in [-0.2, -0.15) is 12.7 Å². The molecule has 45 heavy (non-hydrogen) atoms. The Bertz CT molecular complexity index is 1810. The fourth-order valence-corrected chi connectivity index (χ4v) is 7.89. The van der Waals surface area contributed by atoms with E-state index in [-0.39, 0.29) is 18.0 Å². The number of nitrogens with one attached hydrogen (secondary N) is 2. The van der Waals surface area contributed by atoms with Crippen LogP contribution in [0.2, 0.25) is 0 Å². The van der Waals surface area contributed by atoms with Gasteiger partial charge in [0.25, 0.3) is 0 Å². The summed E-state index contributed by atoms with van der Waals surface area (Å²) >= 11 is 0. The summed E-state index contributed by atoms with van der Waals surface area (Å²) in [6, 6.07) is 3.94. The summed E-state index contributed by atoms with van der Waals surface area (Å²) in [6.07, 6.45) is 11.2. The fraction of sp³-hybridized carbons (Fsp3) is 0.552. The van der Waals surface area contributed by atoms with Crippen LogP contribution in [0.5, 0.6) is 0 Å². The van der Waals surface area contributed by atoms with E-state index in [9.17, 15) is 17.8 Å². The van der Waals surface area contributed by atoms with Crippen LogP contribution in [0.15, 0.2) is 37.2 Å². The zero-order valence-electron chi connectivity index (χ0n) is 25.6. The second-order valence-electron chi connectivity index (χ2n) is 12.8. The summed E-state index contributed by atoms with van der Waals surface area (Å²) in [7, 11) is -0.122. The predicted molar refractivity (Wildman–Crippen MR) is 169 cm³/mol. The van der Waals surface area contributed by atoms with Gasteiger partial charge in [0.05, 0.1) is 21.9 Å². The van der Waals surface area contributed by atoms with Crippen LogP contribution in [0.1, 0.15) is 32.1 Å². The SMILES string of the molecule is CN(C)CCC(=O)N1CCN(c2ncnc3[nH]ccc23)CC12CC2.O=S(=O)(O)N1CCN(c2ncnc3[nH]ccc23)CC12CC2. The Balaban J connectivity index is 0.000000146. The highest BCUT2D eigenvalue weighted by Gasteiger charge is 2.56. The number of carbonyl (C=O) groups excluding carboxylic acids is 1. The largest absolute Gasteiger partial charge is 0.353 e. The van der Waals surface area contributed by atoms with Crippen LogP contribution in [0.4, 0.5) is 11.6 Å². The molecule has 2 spiro atoms. The molecule has 4 aromatic rings. The summed E-state index contributed by atoms with van der Waals surface area (Å²) in [6.45, 7) is 4.61. The zero-order valence-corrected chi connectivity index (χ0v) is 26.4. The number of aromatic amines is 2. The van der Waals surface area contributed by atoms with Gasteiger partial charge in [-0.05, 0) is 51.9 Å². The maximum atomic E-state index is 12.6. The van der Waals surface area contributed by atoms with Gasteiger partial charge < -0.3 is 29.6 Å². The molecule has 2 saturated carbocycles. The van der Waals surface area contributed by atoms with Crippen molar-refractivity contribution in [3.8, 4) is 0 Å². The minimum Gasteiger partial charge on any atom is -0.353 e. The van der Waals surface area contributed by atoms with Crippen LogP contribution in [-0.2, 0) is 15.1 Å². The van der Waals surface area contributed by atoms with Crippen LogP contribution in [0, 0.1) is 0 Å². The maximum Gasteiger partial charge on any atom is 0.336 e. The molecule has 4 fully saturated rings. The van der Waals surface area contributed by atoms with E-state index in [2.05, 4.69) is 49.5 Å². The molecule has 1 amide bonds. The van der Waals surface area contributed by atoms with Gasteiger partial charge >= 0.3 is 10.3 Å². The molecule has 2 aliphatic carbocycles. The monoisotopic (exact) mass is 637 g/mol. The Morgan fingerprint density at radius 1 is 0.844 bits per heavy atom. The number of piperazine rings is 2. The van der Waals surface area contributed by atoms with Crippen LogP contribution in [-0.4, -0.2) is 134 Å². The van der Waals surface area contributed by atoms with Crippen molar-refractivity contribution in [1.29, 1.82) is 0 Å². The lowest BCUT2D eigenvalue weighted by Crippen LogP contribution is -2.57. The smallest absolute Gasteiger partial charge is 0.336 e. The highest BCUT2D eigenvalue weighted by molar-refractivity contribution is 7.83. The number of anilines is 2. The molecule has 4 aromatic heterocycles. The normalized spacial score (nSPS) is 20.7. The molecule has 240 valence electrons. The molecule has 2 aliphatic heterocycles.